The molecule has 0 saturated carbocycles. The van der Waals surface area contributed by atoms with E-state index in [4.69, 9.17) is 4.74 Å². The first-order chi connectivity index (χ1) is 10.3. The van der Waals surface area contributed by atoms with Crippen LogP contribution in [0.3, 0.4) is 0 Å². The smallest absolute Gasteiger partial charge is 0.342 e. The highest BCUT2D eigenvalue weighted by Crippen LogP contribution is 2.25. The van der Waals surface area contributed by atoms with Crippen molar-refractivity contribution in [3.05, 3.63) is 42.1 Å². The third kappa shape index (κ3) is 2.67. The molecule has 0 saturated heterocycles. The maximum atomic E-state index is 12.1. The monoisotopic (exact) mass is 283 g/mol. The van der Waals surface area contributed by atoms with Crippen LogP contribution >= 0.6 is 0 Å². The van der Waals surface area contributed by atoms with Crippen LogP contribution in [0, 0.1) is 0 Å². The van der Waals surface area contributed by atoms with E-state index in [2.05, 4.69) is 22.1 Å². The first kappa shape index (κ1) is 13.4. The van der Waals surface area contributed by atoms with Gasteiger partial charge in [-0.25, -0.2) is 4.79 Å². The van der Waals surface area contributed by atoms with Gasteiger partial charge in [-0.2, -0.15) is 5.10 Å². The molecule has 0 aliphatic carbocycles. The molecule has 5 heteroatoms. The molecule has 21 heavy (non-hydrogen) atoms. The zero-order valence-corrected chi connectivity index (χ0v) is 11.8. The zero-order chi connectivity index (χ0) is 14.7. The molecule has 2 N–H and O–H groups in total. The summed E-state index contributed by atoms with van der Waals surface area (Å²) >= 11 is 0. The Labute approximate surface area is 122 Å². The lowest BCUT2D eigenvalue weighted by molar-refractivity contribution is 0.0500. The van der Waals surface area contributed by atoms with Gasteiger partial charge < -0.3 is 9.72 Å². The van der Waals surface area contributed by atoms with Gasteiger partial charge in [0.1, 0.15) is 5.56 Å². The molecule has 2 heterocycles. The summed E-state index contributed by atoms with van der Waals surface area (Å²) in [5.74, 6) is -0.342. The van der Waals surface area contributed by atoms with Gasteiger partial charge in [0.25, 0.3) is 0 Å². The quantitative estimate of drug-likeness (QED) is 0.556. The Bertz CT molecular complexity index is 725. The lowest BCUT2D eigenvalue weighted by Gasteiger charge is -2.03. The van der Waals surface area contributed by atoms with Gasteiger partial charge in [0.05, 0.1) is 24.2 Å². The number of nitrogens with zero attached hydrogens (tertiary/aromatic N) is 1. The second-order valence-corrected chi connectivity index (χ2v) is 4.92. The van der Waals surface area contributed by atoms with Crippen LogP contribution in [0.25, 0.3) is 22.3 Å². The lowest BCUT2D eigenvalue weighted by atomic mass is 10.2. The van der Waals surface area contributed by atoms with Crippen molar-refractivity contribution in [3.63, 3.8) is 0 Å². The average molecular weight is 283 g/mol. The van der Waals surface area contributed by atoms with Crippen LogP contribution in [0.4, 0.5) is 0 Å². The molecule has 0 aliphatic rings. The second-order valence-electron chi connectivity index (χ2n) is 4.92. The Morgan fingerprint density at radius 2 is 2.19 bits per heavy atom. The Balaban J connectivity index is 1.89. The maximum absolute atomic E-state index is 12.1. The standard InChI is InChI=1S/C16H17N3O2/c1-2-3-8-21-16(20)12-10-17-19-15(12)14-9-11-6-4-5-7-13(11)18-14/h4-7,9-10,18H,2-3,8H2,1H3,(H,17,19). The zero-order valence-electron chi connectivity index (χ0n) is 11.8. The number of para-hydroxylation sites is 1. The van der Waals surface area contributed by atoms with Crippen LogP contribution < -0.4 is 0 Å². The normalized spacial score (nSPS) is 10.9. The topological polar surface area (TPSA) is 70.8 Å². The predicted molar refractivity (Wildman–Crippen MR) is 81.1 cm³/mol. The van der Waals surface area contributed by atoms with Crippen LogP contribution in [0.15, 0.2) is 36.5 Å². The molecule has 0 unspecified atom stereocenters. The molecule has 0 amide bonds. The van der Waals surface area contributed by atoms with E-state index in [0.717, 1.165) is 29.4 Å². The van der Waals surface area contributed by atoms with Crippen molar-refractivity contribution in [1.29, 1.82) is 0 Å². The van der Waals surface area contributed by atoms with Crippen LogP contribution in [0.5, 0.6) is 0 Å². The fraction of sp³-hybridized carbons (Fsp3) is 0.250. The van der Waals surface area contributed by atoms with E-state index in [1.54, 1.807) is 0 Å². The summed E-state index contributed by atoms with van der Waals surface area (Å²) in [6, 6.07) is 9.95. The van der Waals surface area contributed by atoms with Gasteiger partial charge in [0.2, 0.25) is 0 Å². The summed E-state index contributed by atoms with van der Waals surface area (Å²) in [6.07, 6.45) is 3.37. The van der Waals surface area contributed by atoms with Gasteiger partial charge in [0, 0.05) is 10.9 Å². The summed E-state index contributed by atoms with van der Waals surface area (Å²) in [5.41, 5.74) is 2.97. The van der Waals surface area contributed by atoms with Crippen molar-refractivity contribution in [2.24, 2.45) is 0 Å². The SMILES string of the molecule is CCCCOC(=O)c1cn[nH]c1-c1cc2ccccc2[nH]1. The van der Waals surface area contributed by atoms with Crippen molar-refractivity contribution >= 4 is 16.9 Å². The summed E-state index contributed by atoms with van der Waals surface area (Å²) < 4.78 is 5.25. The van der Waals surface area contributed by atoms with Crippen LogP contribution in [0.2, 0.25) is 0 Å². The molecule has 3 aromatic rings. The number of ether oxygens (including phenoxy) is 1. The van der Waals surface area contributed by atoms with Crippen LogP contribution in [0.1, 0.15) is 30.1 Å². The first-order valence-corrected chi connectivity index (χ1v) is 7.08. The molecular weight excluding hydrogens is 266 g/mol. The van der Waals surface area contributed by atoms with Gasteiger partial charge in [-0.15, -0.1) is 0 Å². The number of unbranched alkanes of at least 4 members (excludes halogenated alkanes) is 1. The molecule has 0 radical (unpaired) electrons. The molecule has 0 bridgehead atoms. The Morgan fingerprint density at radius 1 is 1.33 bits per heavy atom. The third-order valence-corrected chi connectivity index (χ3v) is 3.39. The van der Waals surface area contributed by atoms with E-state index < -0.39 is 0 Å². The first-order valence-electron chi connectivity index (χ1n) is 7.08. The van der Waals surface area contributed by atoms with E-state index in [1.807, 2.05) is 30.3 Å². The molecular formula is C16H17N3O2. The molecule has 0 aliphatic heterocycles. The van der Waals surface area contributed by atoms with Crippen LogP contribution in [-0.4, -0.2) is 27.8 Å². The number of nitrogens with one attached hydrogen (secondary N) is 2. The van der Waals surface area contributed by atoms with Crippen molar-refractivity contribution in [3.8, 4) is 11.4 Å². The van der Waals surface area contributed by atoms with E-state index in [9.17, 15) is 4.79 Å². The number of esters is 1. The summed E-state index contributed by atoms with van der Waals surface area (Å²) in [7, 11) is 0. The lowest BCUT2D eigenvalue weighted by Crippen LogP contribution is -2.06. The fourth-order valence-electron chi connectivity index (χ4n) is 2.24. The van der Waals surface area contributed by atoms with Crippen molar-refractivity contribution in [2.45, 2.75) is 19.8 Å². The molecule has 2 aromatic heterocycles. The minimum atomic E-state index is -0.342. The molecule has 108 valence electrons. The molecule has 0 spiro atoms. The van der Waals surface area contributed by atoms with E-state index in [-0.39, 0.29) is 5.97 Å². The van der Waals surface area contributed by atoms with Gasteiger partial charge in [-0.1, -0.05) is 31.5 Å². The second kappa shape index (κ2) is 5.83. The van der Waals surface area contributed by atoms with Crippen molar-refractivity contribution in [1.82, 2.24) is 15.2 Å². The van der Waals surface area contributed by atoms with Gasteiger partial charge in [-0.3, -0.25) is 5.10 Å². The molecule has 0 fully saturated rings. The molecule has 3 rings (SSSR count). The van der Waals surface area contributed by atoms with Crippen molar-refractivity contribution in [2.75, 3.05) is 6.61 Å². The highest BCUT2D eigenvalue weighted by atomic mass is 16.5. The van der Waals surface area contributed by atoms with Gasteiger partial charge in [-0.05, 0) is 18.6 Å². The van der Waals surface area contributed by atoms with E-state index in [0.29, 0.717) is 17.9 Å². The summed E-state index contributed by atoms with van der Waals surface area (Å²) in [6.45, 7) is 2.49. The summed E-state index contributed by atoms with van der Waals surface area (Å²) in [4.78, 5) is 15.4. The number of aromatic nitrogens is 3. The summed E-state index contributed by atoms with van der Waals surface area (Å²) in [5, 5.41) is 7.93. The average Bonchev–Trinajstić information content (AvgIpc) is 3.13. The number of carbonyl (C=O) groups excluding carboxylic acids is 1. The number of fused-ring (bicyclic) bond motifs is 1. The Morgan fingerprint density at radius 3 is 3.00 bits per heavy atom. The number of hydrogen-bond donors (Lipinski definition) is 2. The highest BCUT2D eigenvalue weighted by molar-refractivity contribution is 5.97. The Hall–Kier alpha value is -2.56. The van der Waals surface area contributed by atoms with Crippen LogP contribution in [-0.2, 0) is 4.74 Å². The van der Waals surface area contributed by atoms with E-state index >= 15 is 0 Å². The van der Waals surface area contributed by atoms with Gasteiger partial charge >= 0.3 is 5.97 Å². The largest absolute Gasteiger partial charge is 0.462 e. The molecule has 5 nitrogen and oxygen atoms in total. The number of rotatable bonds is 5. The predicted octanol–water partition coefficient (Wildman–Crippen LogP) is 3.51. The van der Waals surface area contributed by atoms with Gasteiger partial charge in [0.15, 0.2) is 0 Å². The number of carbonyl (C=O) groups is 1. The minimum absolute atomic E-state index is 0.342. The third-order valence-electron chi connectivity index (χ3n) is 3.39. The highest BCUT2D eigenvalue weighted by Gasteiger charge is 2.17. The number of benzene rings is 1. The molecule has 1 aromatic carbocycles. The molecule has 0 atom stereocenters. The number of hydrogen-bond acceptors (Lipinski definition) is 3. The minimum Gasteiger partial charge on any atom is -0.462 e. The maximum Gasteiger partial charge on any atom is 0.342 e. The fourth-order valence-corrected chi connectivity index (χ4v) is 2.24. The number of H-pyrrole nitrogens is 2. The van der Waals surface area contributed by atoms with Crippen molar-refractivity contribution < 1.29 is 9.53 Å². The number of aromatic amines is 2. The van der Waals surface area contributed by atoms with E-state index in [1.165, 1.54) is 6.20 Å². The Kier molecular flexibility index (Phi) is 3.73.